The molecule has 2 rings (SSSR count). The minimum absolute atomic E-state index is 0.0161. The van der Waals surface area contributed by atoms with Crippen molar-refractivity contribution in [3.8, 4) is 0 Å². The van der Waals surface area contributed by atoms with Crippen molar-refractivity contribution in [1.29, 1.82) is 0 Å². The largest absolute Gasteiger partial charge is 0.349 e. The number of halogens is 2. The number of hydrogen-bond donors (Lipinski definition) is 1. The van der Waals surface area contributed by atoms with Gasteiger partial charge in [-0.15, -0.1) is 0 Å². The average Bonchev–Trinajstić information content (AvgIpc) is 2.56. The second-order valence-electron chi connectivity index (χ2n) is 6.13. The van der Waals surface area contributed by atoms with E-state index in [0.29, 0.717) is 11.4 Å². The van der Waals surface area contributed by atoms with E-state index in [4.69, 9.17) is 23.2 Å². The minimum atomic E-state index is -3.65. The Morgan fingerprint density at radius 3 is 2.31 bits per heavy atom. The fourth-order valence-corrected chi connectivity index (χ4v) is 3.63. The summed E-state index contributed by atoms with van der Waals surface area (Å²) < 4.78 is 25.6. The van der Waals surface area contributed by atoms with Crippen molar-refractivity contribution in [3.05, 3.63) is 63.6 Å². The predicted octanol–water partition coefficient (Wildman–Crippen LogP) is 3.60. The maximum absolute atomic E-state index is 12.5. The molecule has 0 aliphatic carbocycles. The standard InChI is InChI=1S/C18H20Cl2N2O3S/c1-12(10-13-4-6-14(19)7-5-13)21-18(23)16-11-15(8-9-17(16)20)26(24,25)22(2)3/h4-9,11-12H,10H2,1-3H3,(H,21,23). The van der Waals surface area contributed by atoms with Crippen molar-refractivity contribution in [2.24, 2.45) is 0 Å². The van der Waals surface area contributed by atoms with Gasteiger partial charge in [-0.1, -0.05) is 35.3 Å². The molecule has 0 bridgehead atoms. The molecule has 2 aromatic rings. The van der Waals surface area contributed by atoms with Crippen molar-refractivity contribution < 1.29 is 13.2 Å². The number of hydrogen-bond acceptors (Lipinski definition) is 3. The third-order valence-electron chi connectivity index (χ3n) is 3.79. The van der Waals surface area contributed by atoms with E-state index in [2.05, 4.69) is 5.32 Å². The highest BCUT2D eigenvalue weighted by atomic mass is 35.5. The molecule has 1 N–H and O–H groups in total. The monoisotopic (exact) mass is 414 g/mol. The van der Waals surface area contributed by atoms with Crippen LogP contribution in [0.5, 0.6) is 0 Å². The number of nitrogens with zero attached hydrogens (tertiary/aromatic N) is 1. The van der Waals surface area contributed by atoms with Crippen LogP contribution in [-0.2, 0) is 16.4 Å². The van der Waals surface area contributed by atoms with Crippen LogP contribution >= 0.6 is 23.2 Å². The van der Waals surface area contributed by atoms with Crippen molar-refractivity contribution in [3.63, 3.8) is 0 Å². The number of nitrogens with one attached hydrogen (secondary N) is 1. The topological polar surface area (TPSA) is 66.5 Å². The molecule has 2 aromatic carbocycles. The predicted molar refractivity (Wildman–Crippen MR) is 104 cm³/mol. The van der Waals surface area contributed by atoms with Gasteiger partial charge in [0.15, 0.2) is 0 Å². The molecule has 0 fully saturated rings. The molecule has 1 atom stereocenters. The molecule has 0 aliphatic rings. The quantitative estimate of drug-likeness (QED) is 0.784. The summed E-state index contributed by atoms with van der Waals surface area (Å²) in [5.74, 6) is -0.424. The lowest BCUT2D eigenvalue weighted by Gasteiger charge is -2.16. The molecule has 0 aromatic heterocycles. The van der Waals surface area contributed by atoms with E-state index < -0.39 is 15.9 Å². The highest BCUT2D eigenvalue weighted by Crippen LogP contribution is 2.22. The van der Waals surface area contributed by atoms with Crippen LogP contribution in [0.15, 0.2) is 47.4 Å². The lowest BCUT2D eigenvalue weighted by atomic mass is 10.1. The van der Waals surface area contributed by atoms with Crippen LogP contribution in [0.1, 0.15) is 22.8 Å². The normalized spacial score (nSPS) is 12.8. The highest BCUT2D eigenvalue weighted by Gasteiger charge is 2.21. The first-order valence-electron chi connectivity index (χ1n) is 7.88. The molecule has 8 heteroatoms. The minimum Gasteiger partial charge on any atom is -0.349 e. The van der Waals surface area contributed by atoms with Gasteiger partial charge in [0, 0.05) is 25.2 Å². The first-order chi connectivity index (χ1) is 12.1. The second kappa shape index (κ2) is 8.39. The maximum atomic E-state index is 12.5. The smallest absolute Gasteiger partial charge is 0.253 e. The summed E-state index contributed by atoms with van der Waals surface area (Å²) in [4.78, 5) is 12.6. The van der Waals surface area contributed by atoms with Crippen molar-refractivity contribution in [2.75, 3.05) is 14.1 Å². The number of amides is 1. The van der Waals surface area contributed by atoms with Gasteiger partial charge in [0.1, 0.15) is 0 Å². The fourth-order valence-electron chi connectivity index (χ4n) is 2.38. The van der Waals surface area contributed by atoms with E-state index in [1.54, 1.807) is 12.1 Å². The van der Waals surface area contributed by atoms with Crippen LogP contribution in [0.3, 0.4) is 0 Å². The number of benzene rings is 2. The van der Waals surface area contributed by atoms with E-state index in [-0.39, 0.29) is 21.5 Å². The molecule has 0 aliphatic heterocycles. The summed E-state index contributed by atoms with van der Waals surface area (Å²) in [7, 11) is -0.792. The van der Waals surface area contributed by atoms with E-state index in [1.807, 2.05) is 19.1 Å². The van der Waals surface area contributed by atoms with Gasteiger partial charge in [0.2, 0.25) is 10.0 Å². The first-order valence-corrected chi connectivity index (χ1v) is 10.1. The van der Waals surface area contributed by atoms with E-state index >= 15 is 0 Å². The SMILES string of the molecule is CC(Cc1ccc(Cl)cc1)NC(=O)c1cc(S(=O)(=O)N(C)C)ccc1Cl. The van der Waals surface area contributed by atoms with E-state index in [1.165, 1.54) is 32.3 Å². The van der Waals surface area contributed by atoms with Gasteiger partial charge < -0.3 is 5.32 Å². The van der Waals surface area contributed by atoms with Gasteiger partial charge in [-0.05, 0) is 49.2 Å². The van der Waals surface area contributed by atoms with E-state index in [0.717, 1.165) is 9.87 Å². The van der Waals surface area contributed by atoms with Gasteiger partial charge >= 0.3 is 0 Å². The Balaban J connectivity index is 2.17. The summed E-state index contributed by atoms with van der Waals surface area (Å²) in [5.41, 5.74) is 1.15. The molecular weight excluding hydrogens is 395 g/mol. The Bertz CT molecular complexity index is 897. The van der Waals surface area contributed by atoms with Crippen LogP contribution < -0.4 is 5.32 Å². The summed E-state index contributed by atoms with van der Waals surface area (Å²) in [6, 6.07) is 11.3. The van der Waals surface area contributed by atoms with Crippen LogP contribution in [-0.4, -0.2) is 38.8 Å². The third-order valence-corrected chi connectivity index (χ3v) is 6.19. The maximum Gasteiger partial charge on any atom is 0.253 e. The average molecular weight is 415 g/mol. The van der Waals surface area contributed by atoms with Gasteiger partial charge in [-0.2, -0.15) is 0 Å². The van der Waals surface area contributed by atoms with Crippen molar-refractivity contribution in [2.45, 2.75) is 24.3 Å². The zero-order valence-corrected chi connectivity index (χ0v) is 17.0. The summed E-state index contributed by atoms with van der Waals surface area (Å²) in [6.45, 7) is 1.86. The molecule has 0 radical (unpaired) electrons. The van der Waals surface area contributed by atoms with Crippen LogP contribution in [0.25, 0.3) is 0 Å². The lowest BCUT2D eigenvalue weighted by molar-refractivity contribution is 0.0940. The van der Waals surface area contributed by atoms with Crippen molar-refractivity contribution >= 4 is 39.1 Å². The second-order valence-corrected chi connectivity index (χ2v) is 9.13. The summed E-state index contributed by atoms with van der Waals surface area (Å²) in [5, 5.41) is 3.69. The number of carbonyl (C=O) groups is 1. The molecule has 0 saturated carbocycles. The van der Waals surface area contributed by atoms with E-state index in [9.17, 15) is 13.2 Å². The fraction of sp³-hybridized carbons (Fsp3) is 0.278. The molecule has 0 heterocycles. The number of carbonyl (C=O) groups excluding carboxylic acids is 1. The summed E-state index contributed by atoms with van der Waals surface area (Å²) >= 11 is 12.0. The Hall–Kier alpha value is -1.60. The molecule has 26 heavy (non-hydrogen) atoms. The molecule has 5 nitrogen and oxygen atoms in total. The summed E-state index contributed by atoms with van der Waals surface area (Å²) in [6.07, 6.45) is 0.607. The Morgan fingerprint density at radius 2 is 1.73 bits per heavy atom. The molecule has 1 amide bonds. The van der Waals surface area contributed by atoms with Gasteiger partial charge in [-0.25, -0.2) is 12.7 Å². The highest BCUT2D eigenvalue weighted by molar-refractivity contribution is 7.89. The molecule has 1 unspecified atom stereocenters. The van der Waals surface area contributed by atoms with Crippen LogP contribution in [0.4, 0.5) is 0 Å². The first kappa shape index (κ1) is 20.7. The molecular formula is C18H20Cl2N2O3S. The molecule has 0 spiro atoms. The Morgan fingerprint density at radius 1 is 1.12 bits per heavy atom. The molecule has 0 saturated heterocycles. The third kappa shape index (κ3) is 4.98. The van der Waals surface area contributed by atoms with Gasteiger partial charge in [-0.3, -0.25) is 4.79 Å². The lowest BCUT2D eigenvalue weighted by Crippen LogP contribution is -2.34. The Labute approximate surface area is 164 Å². The van der Waals surface area contributed by atoms with Crippen LogP contribution in [0, 0.1) is 0 Å². The van der Waals surface area contributed by atoms with Crippen molar-refractivity contribution in [1.82, 2.24) is 9.62 Å². The zero-order valence-electron chi connectivity index (χ0n) is 14.7. The van der Waals surface area contributed by atoms with Crippen LogP contribution in [0.2, 0.25) is 10.0 Å². The Kier molecular flexibility index (Phi) is 6.69. The number of rotatable bonds is 6. The van der Waals surface area contributed by atoms with Gasteiger partial charge in [0.25, 0.3) is 5.91 Å². The van der Waals surface area contributed by atoms with Gasteiger partial charge in [0.05, 0.1) is 15.5 Å². The molecule has 140 valence electrons. The number of sulfonamides is 1. The zero-order chi connectivity index (χ0) is 19.5.